The highest BCUT2D eigenvalue weighted by Gasteiger charge is 2.10. The number of pyridine rings is 1. The fourth-order valence-electron chi connectivity index (χ4n) is 1.63. The zero-order valence-electron chi connectivity index (χ0n) is 10.7. The van der Waals surface area contributed by atoms with Gasteiger partial charge >= 0.3 is 0 Å². The summed E-state index contributed by atoms with van der Waals surface area (Å²) >= 11 is 0. The molecule has 0 aliphatic carbocycles. The average Bonchev–Trinajstić information content (AvgIpc) is 2.68. The number of hydrogen-bond donors (Lipinski definition) is 2. The molecule has 3 N–H and O–H groups in total. The topological polar surface area (TPSA) is 86.2 Å². The standard InChI is InChI=1S/C12H16N4O2/c1-7-9(8(2)18-16-7)6-14-12-10(13)4-5-11(15-12)17-3/h4-5H,6,13H2,1-3H3,(H,14,15). The summed E-state index contributed by atoms with van der Waals surface area (Å²) in [6.07, 6.45) is 0. The number of aryl methyl sites for hydroxylation is 2. The van der Waals surface area contributed by atoms with E-state index in [9.17, 15) is 0 Å². The number of aromatic nitrogens is 2. The molecule has 2 heterocycles. The predicted octanol–water partition coefficient (Wildman–Crippen LogP) is 1.89. The second kappa shape index (κ2) is 4.95. The molecule has 18 heavy (non-hydrogen) atoms. The van der Waals surface area contributed by atoms with Crippen molar-refractivity contribution in [3.8, 4) is 5.88 Å². The zero-order valence-corrected chi connectivity index (χ0v) is 10.7. The second-order valence-corrected chi connectivity index (χ2v) is 3.95. The van der Waals surface area contributed by atoms with Gasteiger partial charge in [0.15, 0.2) is 5.82 Å². The number of anilines is 2. The zero-order chi connectivity index (χ0) is 13.1. The van der Waals surface area contributed by atoms with Crippen LogP contribution >= 0.6 is 0 Å². The molecule has 0 saturated carbocycles. The van der Waals surface area contributed by atoms with Gasteiger partial charge in [0.2, 0.25) is 5.88 Å². The third-order valence-electron chi connectivity index (χ3n) is 2.72. The molecule has 0 aliphatic heterocycles. The van der Waals surface area contributed by atoms with E-state index in [1.807, 2.05) is 13.8 Å². The van der Waals surface area contributed by atoms with Crippen LogP contribution in [0.15, 0.2) is 16.7 Å². The molecule has 0 bridgehead atoms. The molecule has 0 amide bonds. The fraction of sp³-hybridized carbons (Fsp3) is 0.333. The maximum atomic E-state index is 5.84. The Bertz CT molecular complexity index is 532. The Balaban J connectivity index is 2.15. The largest absolute Gasteiger partial charge is 0.481 e. The summed E-state index contributed by atoms with van der Waals surface area (Å²) in [5.41, 5.74) is 8.29. The van der Waals surface area contributed by atoms with Crippen molar-refractivity contribution in [1.82, 2.24) is 10.1 Å². The summed E-state index contributed by atoms with van der Waals surface area (Å²) in [5.74, 6) is 1.90. The maximum absolute atomic E-state index is 5.84. The maximum Gasteiger partial charge on any atom is 0.215 e. The van der Waals surface area contributed by atoms with Gasteiger partial charge in [-0.05, 0) is 19.9 Å². The van der Waals surface area contributed by atoms with Gasteiger partial charge in [-0.15, -0.1) is 0 Å². The molecule has 0 fully saturated rings. The number of nitrogens with two attached hydrogens (primary N) is 1. The second-order valence-electron chi connectivity index (χ2n) is 3.95. The van der Waals surface area contributed by atoms with Crippen LogP contribution in [0.5, 0.6) is 5.88 Å². The van der Waals surface area contributed by atoms with E-state index >= 15 is 0 Å². The minimum Gasteiger partial charge on any atom is -0.481 e. The van der Waals surface area contributed by atoms with Crippen molar-refractivity contribution >= 4 is 11.5 Å². The van der Waals surface area contributed by atoms with Crippen LogP contribution in [0.2, 0.25) is 0 Å². The van der Waals surface area contributed by atoms with Crippen molar-refractivity contribution in [2.75, 3.05) is 18.2 Å². The summed E-state index contributed by atoms with van der Waals surface area (Å²) in [7, 11) is 1.57. The molecule has 0 aliphatic rings. The molecule has 0 saturated heterocycles. The number of methoxy groups -OCH3 is 1. The summed E-state index contributed by atoms with van der Waals surface area (Å²) in [6.45, 7) is 4.33. The van der Waals surface area contributed by atoms with Crippen molar-refractivity contribution in [2.45, 2.75) is 20.4 Å². The van der Waals surface area contributed by atoms with Gasteiger partial charge < -0.3 is 20.3 Å². The summed E-state index contributed by atoms with van der Waals surface area (Å²) < 4.78 is 10.1. The van der Waals surface area contributed by atoms with Crippen LogP contribution in [0, 0.1) is 13.8 Å². The van der Waals surface area contributed by atoms with E-state index in [4.69, 9.17) is 15.0 Å². The summed E-state index contributed by atoms with van der Waals surface area (Å²) in [4.78, 5) is 4.24. The number of ether oxygens (including phenoxy) is 1. The summed E-state index contributed by atoms with van der Waals surface area (Å²) in [5, 5.41) is 7.05. The Hall–Kier alpha value is -2.24. The van der Waals surface area contributed by atoms with E-state index < -0.39 is 0 Å². The van der Waals surface area contributed by atoms with Crippen molar-refractivity contribution < 1.29 is 9.26 Å². The molecular weight excluding hydrogens is 232 g/mol. The lowest BCUT2D eigenvalue weighted by Gasteiger charge is -2.09. The molecule has 2 aromatic rings. The highest BCUT2D eigenvalue weighted by atomic mass is 16.5. The molecule has 2 rings (SSSR count). The molecule has 2 aromatic heterocycles. The van der Waals surface area contributed by atoms with Gasteiger partial charge in [0.25, 0.3) is 0 Å². The molecule has 0 unspecified atom stereocenters. The Labute approximate surface area is 105 Å². The van der Waals surface area contributed by atoms with Crippen molar-refractivity contribution in [3.05, 3.63) is 29.2 Å². The lowest BCUT2D eigenvalue weighted by Crippen LogP contribution is -2.06. The van der Waals surface area contributed by atoms with Gasteiger partial charge in [0, 0.05) is 18.2 Å². The molecule has 0 atom stereocenters. The first-order valence-corrected chi connectivity index (χ1v) is 5.58. The van der Waals surface area contributed by atoms with Gasteiger partial charge in [0.05, 0.1) is 18.5 Å². The minimum atomic E-state index is 0.519. The van der Waals surface area contributed by atoms with E-state index in [-0.39, 0.29) is 0 Å². The Morgan fingerprint density at radius 1 is 1.39 bits per heavy atom. The number of hydrogen-bond acceptors (Lipinski definition) is 6. The number of nitrogens with one attached hydrogen (secondary N) is 1. The molecule has 0 radical (unpaired) electrons. The van der Waals surface area contributed by atoms with Crippen molar-refractivity contribution in [2.24, 2.45) is 0 Å². The third-order valence-corrected chi connectivity index (χ3v) is 2.72. The molecule has 6 heteroatoms. The van der Waals surface area contributed by atoms with E-state index in [2.05, 4.69) is 15.5 Å². The fourth-order valence-corrected chi connectivity index (χ4v) is 1.63. The molecule has 96 valence electrons. The quantitative estimate of drug-likeness (QED) is 0.859. The van der Waals surface area contributed by atoms with Crippen molar-refractivity contribution in [3.63, 3.8) is 0 Å². The van der Waals surface area contributed by atoms with Gasteiger partial charge in [-0.2, -0.15) is 4.98 Å². The molecule has 0 aromatic carbocycles. The Kier molecular flexibility index (Phi) is 3.36. The molecule has 0 spiro atoms. The first-order valence-electron chi connectivity index (χ1n) is 5.58. The highest BCUT2D eigenvalue weighted by molar-refractivity contribution is 5.62. The van der Waals surface area contributed by atoms with Crippen LogP contribution in [0.1, 0.15) is 17.0 Å². The Morgan fingerprint density at radius 3 is 2.78 bits per heavy atom. The minimum absolute atomic E-state index is 0.519. The van der Waals surface area contributed by atoms with Gasteiger partial charge in [-0.3, -0.25) is 0 Å². The van der Waals surface area contributed by atoms with Crippen molar-refractivity contribution in [1.29, 1.82) is 0 Å². The normalized spacial score (nSPS) is 10.4. The van der Waals surface area contributed by atoms with Crippen LogP contribution in [0.4, 0.5) is 11.5 Å². The smallest absolute Gasteiger partial charge is 0.215 e. The van der Waals surface area contributed by atoms with Gasteiger partial charge in [0.1, 0.15) is 5.76 Å². The van der Waals surface area contributed by atoms with Crippen LogP contribution in [0.25, 0.3) is 0 Å². The van der Waals surface area contributed by atoms with E-state index in [1.165, 1.54) is 0 Å². The van der Waals surface area contributed by atoms with Gasteiger partial charge in [-0.1, -0.05) is 5.16 Å². The molecule has 6 nitrogen and oxygen atoms in total. The first kappa shape index (κ1) is 12.2. The van der Waals surface area contributed by atoms with E-state index in [0.717, 1.165) is 17.0 Å². The number of nitrogen functional groups attached to an aromatic ring is 1. The first-order chi connectivity index (χ1) is 8.61. The third kappa shape index (κ3) is 2.37. The Morgan fingerprint density at radius 2 is 2.17 bits per heavy atom. The highest BCUT2D eigenvalue weighted by Crippen LogP contribution is 2.21. The SMILES string of the molecule is COc1ccc(N)c(NCc2c(C)noc2C)n1. The average molecular weight is 248 g/mol. The lowest BCUT2D eigenvalue weighted by atomic mass is 10.2. The lowest BCUT2D eigenvalue weighted by molar-refractivity contribution is 0.392. The van der Waals surface area contributed by atoms with Crippen LogP contribution < -0.4 is 15.8 Å². The van der Waals surface area contributed by atoms with E-state index in [1.54, 1.807) is 19.2 Å². The van der Waals surface area contributed by atoms with Gasteiger partial charge in [-0.25, -0.2) is 0 Å². The number of nitrogens with zero attached hydrogens (tertiary/aromatic N) is 2. The van der Waals surface area contributed by atoms with Crippen LogP contribution in [0.3, 0.4) is 0 Å². The molecular formula is C12H16N4O2. The monoisotopic (exact) mass is 248 g/mol. The summed E-state index contributed by atoms with van der Waals surface area (Å²) in [6, 6.07) is 3.47. The number of rotatable bonds is 4. The van der Waals surface area contributed by atoms with Crippen LogP contribution in [-0.2, 0) is 6.54 Å². The predicted molar refractivity (Wildman–Crippen MR) is 68.5 cm³/mol. The van der Waals surface area contributed by atoms with E-state index in [0.29, 0.717) is 23.9 Å². The van der Waals surface area contributed by atoms with Crippen LogP contribution in [-0.4, -0.2) is 17.3 Å².